The molecule has 4 aliphatic carbocycles. The van der Waals surface area contributed by atoms with Gasteiger partial charge in [-0.3, -0.25) is 20.6 Å². The number of azo groups is 1. The minimum absolute atomic E-state index is 0. The van der Waals surface area contributed by atoms with E-state index < -0.39 is 36.2 Å². The third-order valence-electron chi connectivity index (χ3n) is 16.1. The van der Waals surface area contributed by atoms with E-state index in [1.54, 1.807) is 16.4 Å². The van der Waals surface area contributed by atoms with Gasteiger partial charge < -0.3 is 14.0 Å². The Morgan fingerprint density at radius 2 is 1.29 bits per heavy atom. The van der Waals surface area contributed by atoms with E-state index in [0.29, 0.717) is 83.4 Å². The van der Waals surface area contributed by atoms with Gasteiger partial charge >= 0.3 is 103 Å². The number of nitrogens with zero attached hydrogens (tertiary/aromatic N) is 8. The van der Waals surface area contributed by atoms with Crippen molar-refractivity contribution in [2.75, 3.05) is 0 Å². The fraction of sp³-hybridized carbons (Fsp3) is 0.870. The van der Waals surface area contributed by atoms with E-state index in [4.69, 9.17) is 25.3 Å². The number of amidine groups is 1. The molecular formula is C46H72K2N10O6S4. The van der Waals surface area contributed by atoms with E-state index in [-0.39, 0.29) is 175 Å². The van der Waals surface area contributed by atoms with Crippen molar-refractivity contribution in [1.29, 1.82) is 5.26 Å². The monoisotopic (exact) mass is 1070 g/mol. The number of hydrogen-bond acceptors (Lipinski definition) is 17. The van der Waals surface area contributed by atoms with Gasteiger partial charge in [-0.1, -0.05) is 92.8 Å². The fourth-order valence-electron chi connectivity index (χ4n) is 13.2. The molecule has 3 aliphatic heterocycles. The Balaban J connectivity index is 0.00000381. The molecule has 22 heteroatoms. The molecule has 1 aromatic rings. The third kappa shape index (κ3) is 12.7. The minimum atomic E-state index is -4.44. The van der Waals surface area contributed by atoms with Crippen LogP contribution < -0.4 is 113 Å². The SMILES string of the molecule is CC1CC(C)C(NC2NC(N(C3=NC4CCC(S(=O)(=O)[O-])CC4S3)C3C(C)CC(C)CC3C)CC(C)C2N=Nc2c(C#N)c(C(C)(C)C)nn2C2=NC3CCC(S(=O)(=O)[O-])CC3S2)C(C)C1.[K+].[K+]. The molecule has 8 rings (SSSR count). The van der Waals surface area contributed by atoms with Crippen LogP contribution in [0.5, 0.6) is 0 Å². The van der Waals surface area contributed by atoms with E-state index in [9.17, 15) is 31.2 Å². The zero-order chi connectivity index (χ0) is 47.8. The summed E-state index contributed by atoms with van der Waals surface area (Å²) in [5, 5.41) is 33.6. The Kier molecular flexibility index (Phi) is 19.9. The number of fused-ring (bicyclic) bond motifs is 2. The molecule has 14 unspecified atom stereocenters. The van der Waals surface area contributed by atoms with E-state index in [2.05, 4.69) is 70.1 Å². The molecule has 1 saturated heterocycles. The molecule has 16 nitrogen and oxygen atoms in total. The van der Waals surface area contributed by atoms with Crippen molar-refractivity contribution < 1.29 is 129 Å². The molecule has 68 heavy (non-hydrogen) atoms. The average Bonchev–Trinajstić information content (AvgIpc) is 3.93. The van der Waals surface area contributed by atoms with E-state index in [0.717, 1.165) is 37.3 Å². The van der Waals surface area contributed by atoms with Gasteiger partial charge in [-0.15, -0.1) is 5.11 Å². The fourth-order valence-corrected chi connectivity index (χ4v) is 18.0. The van der Waals surface area contributed by atoms with E-state index >= 15 is 0 Å². The summed E-state index contributed by atoms with van der Waals surface area (Å²) in [4.78, 5) is 13.0. The van der Waals surface area contributed by atoms with Crippen molar-refractivity contribution in [1.82, 2.24) is 25.3 Å². The molecule has 0 radical (unpaired) electrons. The first kappa shape index (κ1) is 58.4. The van der Waals surface area contributed by atoms with Crippen LogP contribution in [0.1, 0.15) is 151 Å². The van der Waals surface area contributed by atoms with Crippen molar-refractivity contribution >= 4 is 59.9 Å². The van der Waals surface area contributed by atoms with Crippen LogP contribution in [0.25, 0.3) is 0 Å². The molecule has 0 aromatic carbocycles. The predicted octanol–water partition coefficient (Wildman–Crippen LogP) is 1.55. The molecule has 7 aliphatic rings. The molecule has 14 atom stereocenters. The maximum Gasteiger partial charge on any atom is 1.00 e. The van der Waals surface area contributed by atoms with Crippen LogP contribution in [0.15, 0.2) is 20.2 Å². The normalized spacial score (nSPS) is 40.0. The van der Waals surface area contributed by atoms with Crippen LogP contribution in [0.4, 0.5) is 5.82 Å². The van der Waals surface area contributed by atoms with Crippen molar-refractivity contribution in [3.05, 3.63) is 11.3 Å². The maximum absolute atomic E-state index is 12.2. The Bertz CT molecular complexity index is 2320. The van der Waals surface area contributed by atoms with Crippen LogP contribution in [0.2, 0.25) is 0 Å². The second-order valence-corrected chi connectivity index (χ2v) is 28.4. The first-order valence-corrected chi connectivity index (χ1v) is 29.2. The van der Waals surface area contributed by atoms with Crippen molar-refractivity contribution in [2.45, 2.75) is 209 Å². The largest absolute Gasteiger partial charge is 1.00 e. The summed E-state index contributed by atoms with van der Waals surface area (Å²) in [6.07, 6.45) is 6.88. The van der Waals surface area contributed by atoms with E-state index in [1.807, 2.05) is 20.8 Å². The Morgan fingerprint density at radius 1 is 0.765 bits per heavy atom. The second-order valence-electron chi connectivity index (χ2n) is 22.7. The first-order valence-electron chi connectivity index (χ1n) is 24.5. The number of rotatable bonds is 8. The Morgan fingerprint density at radius 3 is 1.82 bits per heavy atom. The number of piperidine rings is 1. The quantitative estimate of drug-likeness (QED) is 0.214. The van der Waals surface area contributed by atoms with Crippen molar-refractivity contribution in [2.24, 2.45) is 61.6 Å². The van der Waals surface area contributed by atoms with Crippen molar-refractivity contribution in [3.8, 4) is 6.07 Å². The molecule has 0 amide bonds. The summed E-state index contributed by atoms with van der Waals surface area (Å²) in [6, 6.07) is 2.22. The van der Waals surface area contributed by atoms with Crippen LogP contribution in [-0.2, 0) is 25.7 Å². The van der Waals surface area contributed by atoms with E-state index in [1.165, 1.54) is 11.8 Å². The molecule has 0 bridgehead atoms. The molecule has 5 fully saturated rings. The molecule has 0 spiro atoms. The van der Waals surface area contributed by atoms with Crippen LogP contribution in [0, 0.1) is 52.8 Å². The number of aromatic nitrogens is 2. The van der Waals surface area contributed by atoms with Crippen molar-refractivity contribution in [3.63, 3.8) is 0 Å². The molecular weight excluding hydrogens is 995 g/mol. The Hall–Kier alpha value is 1.15. The standard InChI is InChI=1S/C46H74N10O6S4.2K/c1-23-15-25(3)38(26(4)16-23)51-42-39(52-53-43-32(22-47)41(46(8,9)10)54-56(43)45-49-34-14-12-31(66(60,61)62)21-36(34)64-45)27(5)19-37(50-42)55(40-28(6)17-24(2)18-29(40)7)44-48-33-13-11-30(65(57,58)59)20-35(33)63-44;;/h23-31,33-40,42,50-51H,11-21H2,1-10H3,(H,57,58,59)(H,60,61,62);;/q;2*+1/p-2. The summed E-state index contributed by atoms with van der Waals surface area (Å²) in [5.74, 6) is 3.09. The van der Waals surface area contributed by atoms with Gasteiger partial charge in [0.2, 0.25) is 0 Å². The second kappa shape index (κ2) is 23.2. The molecule has 4 heterocycles. The van der Waals surface area contributed by atoms with Gasteiger partial charge in [-0.25, -0.2) is 16.8 Å². The summed E-state index contributed by atoms with van der Waals surface area (Å²) in [6.45, 7) is 22.3. The van der Waals surface area contributed by atoms with Crippen LogP contribution >= 0.6 is 23.5 Å². The average molecular weight is 1070 g/mol. The summed E-state index contributed by atoms with van der Waals surface area (Å²) in [5.41, 5.74) is 0.366. The van der Waals surface area contributed by atoms with Crippen LogP contribution in [0.3, 0.4) is 0 Å². The maximum atomic E-state index is 12.2. The molecule has 1 aromatic heterocycles. The number of thioether (sulfide) groups is 2. The van der Waals surface area contributed by atoms with Gasteiger partial charge in [0.15, 0.2) is 16.2 Å². The third-order valence-corrected chi connectivity index (χ3v) is 21.2. The smallest absolute Gasteiger partial charge is 0.748 e. The number of aliphatic imine (C=N–C) groups is 2. The van der Waals surface area contributed by atoms with Gasteiger partial charge in [-0.2, -0.15) is 20.2 Å². The zero-order valence-corrected chi connectivity index (χ0v) is 51.8. The van der Waals surface area contributed by atoms with Gasteiger partial charge in [-0.05, 0) is 112 Å². The summed E-state index contributed by atoms with van der Waals surface area (Å²) < 4.78 is 74.5. The summed E-state index contributed by atoms with van der Waals surface area (Å²) in [7, 11) is -8.84. The predicted molar refractivity (Wildman–Crippen MR) is 260 cm³/mol. The number of hydrogen-bond donors (Lipinski definition) is 2. The molecule has 368 valence electrons. The molecule has 2 N–H and O–H groups in total. The number of nitriles is 1. The van der Waals surface area contributed by atoms with Gasteiger partial charge in [0.25, 0.3) is 0 Å². The molecule has 4 saturated carbocycles. The summed E-state index contributed by atoms with van der Waals surface area (Å²) >= 11 is 3.06. The van der Waals surface area contributed by atoms with Gasteiger partial charge in [0.05, 0.1) is 60.8 Å². The number of nitrogens with one attached hydrogen (secondary N) is 2. The Labute approximate surface area is 500 Å². The zero-order valence-electron chi connectivity index (χ0n) is 42.3. The van der Waals surface area contributed by atoms with Crippen LogP contribution in [-0.4, -0.2) is 114 Å². The topological polar surface area (TPSA) is 233 Å². The first-order chi connectivity index (χ1) is 30.9. The van der Waals surface area contributed by atoms with Gasteiger partial charge in [0.1, 0.15) is 17.7 Å². The minimum Gasteiger partial charge on any atom is -0.748 e. The van der Waals surface area contributed by atoms with Gasteiger partial charge in [0, 0.05) is 28.0 Å².